The Balaban J connectivity index is 1.90. The number of fused-ring (bicyclic) bond motifs is 2. The molecule has 0 saturated heterocycles. The average Bonchev–Trinajstić information content (AvgIpc) is 3.22. The first-order valence-electron chi connectivity index (χ1n) is 7.25. The van der Waals surface area contributed by atoms with E-state index in [1.807, 2.05) is 28.1 Å². The molecule has 0 spiro atoms. The summed E-state index contributed by atoms with van der Waals surface area (Å²) in [6.45, 7) is 1.38. The molecule has 1 aliphatic rings. The van der Waals surface area contributed by atoms with E-state index in [1.165, 1.54) is 22.7 Å². The number of hydrogen-bond acceptors (Lipinski definition) is 5. The normalized spacial score (nSPS) is 13.9. The number of aromatic nitrogens is 1. The first kappa shape index (κ1) is 15.0. The van der Waals surface area contributed by atoms with Crippen LogP contribution in [0, 0.1) is 12.3 Å². The van der Waals surface area contributed by atoms with Crippen molar-refractivity contribution in [3.05, 3.63) is 39.3 Å². The maximum atomic E-state index is 12.3. The van der Waals surface area contributed by atoms with Gasteiger partial charge in [-0.3, -0.25) is 4.79 Å². The van der Waals surface area contributed by atoms with Crippen LogP contribution in [-0.4, -0.2) is 23.7 Å². The van der Waals surface area contributed by atoms with Gasteiger partial charge in [-0.15, -0.1) is 17.8 Å². The summed E-state index contributed by atoms with van der Waals surface area (Å²) in [5, 5.41) is 1.85. The summed E-state index contributed by atoms with van der Waals surface area (Å²) in [5.41, 5.74) is 0.889. The van der Waals surface area contributed by atoms with E-state index in [0.717, 1.165) is 10.2 Å². The number of terminal acetylenes is 1. The third kappa shape index (κ3) is 2.60. The number of benzene rings is 1. The lowest BCUT2D eigenvalue weighted by Crippen LogP contribution is -2.17. The summed E-state index contributed by atoms with van der Waals surface area (Å²) in [6.07, 6.45) is 5.50. The highest BCUT2D eigenvalue weighted by Crippen LogP contribution is 2.35. The van der Waals surface area contributed by atoms with E-state index in [9.17, 15) is 4.79 Å². The highest BCUT2D eigenvalue weighted by Gasteiger charge is 2.16. The standard InChI is InChI=1S/C17H12N2O3S2/c1-2-5-19-11-9-12-13(22-7-6-21-12)10-15(11)24-17(19)18-16(20)14-4-3-8-23-14/h1,3-4,8-10H,5-7H2. The molecule has 7 heteroatoms. The van der Waals surface area contributed by atoms with Gasteiger partial charge in [0.1, 0.15) is 13.2 Å². The second kappa shape index (κ2) is 6.15. The molecular formula is C17H12N2O3S2. The molecule has 0 unspecified atom stereocenters. The average molecular weight is 356 g/mol. The van der Waals surface area contributed by atoms with Crippen LogP contribution >= 0.6 is 22.7 Å². The van der Waals surface area contributed by atoms with Crippen molar-refractivity contribution in [1.82, 2.24) is 4.57 Å². The quantitative estimate of drug-likeness (QED) is 0.664. The number of carbonyl (C=O) groups excluding carboxylic acids is 1. The monoisotopic (exact) mass is 356 g/mol. The lowest BCUT2D eigenvalue weighted by atomic mass is 10.2. The Hall–Kier alpha value is -2.56. The first-order chi connectivity index (χ1) is 11.8. The van der Waals surface area contributed by atoms with Crippen LogP contribution in [0.15, 0.2) is 34.6 Å². The minimum Gasteiger partial charge on any atom is -0.486 e. The zero-order valence-corrected chi connectivity index (χ0v) is 14.2. The van der Waals surface area contributed by atoms with Crippen molar-refractivity contribution in [3.8, 4) is 23.8 Å². The molecule has 5 nitrogen and oxygen atoms in total. The Morgan fingerprint density at radius 2 is 2.12 bits per heavy atom. The predicted octanol–water partition coefficient (Wildman–Crippen LogP) is 2.91. The Kier molecular flexibility index (Phi) is 3.84. The molecule has 0 fully saturated rings. The van der Waals surface area contributed by atoms with E-state index >= 15 is 0 Å². The minimum absolute atomic E-state index is 0.264. The van der Waals surface area contributed by atoms with Gasteiger partial charge in [-0.2, -0.15) is 4.99 Å². The van der Waals surface area contributed by atoms with E-state index in [-0.39, 0.29) is 5.91 Å². The molecule has 4 rings (SSSR count). The lowest BCUT2D eigenvalue weighted by molar-refractivity contribution is 0.100. The van der Waals surface area contributed by atoms with Crippen LogP contribution in [0.2, 0.25) is 0 Å². The van der Waals surface area contributed by atoms with Crippen LogP contribution in [0.1, 0.15) is 9.67 Å². The summed E-state index contributed by atoms with van der Waals surface area (Å²) < 4.78 is 14.1. The summed E-state index contributed by atoms with van der Waals surface area (Å²) in [5.74, 6) is 3.75. The van der Waals surface area contributed by atoms with Crippen LogP contribution in [-0.2, 0) is 6.54 Å². The van der Waals surface area contributed by atoms with Gasteiger partial charge in [0, 0.05) is 12.1 Å². The molecule has 0 N–H and O–H groups in total. The van der Waals surface area contributed by atoms with Gasteiger partial charge in [-0.25, -0.2) is 0 Å². The van der Waals surface area contributed by atoms with Gasteiger partial charge in [-0.05, 0) is 11.4 Å². The van der Waals surface area contributed by atoms with Crippen LogP contribution in [0.3, 0.4) is 0 Å². The molecule has 0 aliphatic carbocycles. The topological polar surface area (TPSA) is 52.8 Å². The molecule has 1 aromatic carbocycles. The zero-order valence-electron chi connectivity index (χ0n) is 12.5. The van der Waals surface area contributed by atoms with Gasteiger partial charge in [0.15, 0.2) is 16.3 Å². The number of hydrogen-bond donors (Lipinski definition) is 0. The van der Waals surface area contributed by atoms with E-state index in [1.54, 1.807) is 6.07 Å². The number of thiazole rings is 1. The second-order valence-corrected chi connectivity index (χ2v) is 6.99. The molecule has 120 valence electrons. The summed E-state index contributed by atoms with van der Waals surface area (Å²) in [7, 11) is 0. The number of thiophene rings is 1. The molecule has 0 bridgehead atoms. The molecule has 1 amide bonds. The summed E-state index contributed by atoms with van der Waals surface area (Å²) in [6, 6.07) is 7.40. The van der Waals surface area contributed by atoms with Crippen molar-refractivity contribution < 1.29 is 14.3 Å². The third-order valence-corrected chi connectivity index (χ3v) is 5.42. The van der Waals surface area contributed by atoms with Crippen molar-refractivity contribution in [3.63, 3.8) is 0 Å². The molecule has 0 saturated carbocycles. The van der Waals surface area contributed by atoms with Crippen LogP contribution < -0.4 is 14.3 Å². The van der Waals surface area contributed by atoms with Gasteiger partial charge < -0.3 is 14.0 Å². The van der Waals surface area contributed by atoms with Gasteiger partial charge >= 0.3 is 0 Å². The van der Waals surface area contributed by atoms with Gasteiger partial charge in [0.2, 0.25) is 0 Å². The maximum absolute atomic E-state index is 12.3. The third-order valence-electron chi connectivity index (χ3n) is 3.53. The fourth-order valence-electron chi connectivity index (χ4n) is 2.48. The molecule has 0 atom stereocenters. The first-order valence-corrected chi connectivity index (χ1v) is 8.95. The maximum Gasteiger partial charge on any atom is 0.289 e. The predicted molar refractivity (Wildman–Crippen MR) is 93.9 cm³/mol. The van der Waals surface area contributed by atoms with Crippen molar-refractivity contribution in [2.75, 3.05) is 13.2 Å². The number of carbonyl (C=O) groups is 1. The summed E-state index contributed by atoms with van der Waals surface area (Å²) >= 11 is 2.78. The van der Waals surface area contributed by atoms with Crippen LogP contribution in [0.4, 0.5) is 0 Å². The smallest absolute Gasteiger partial charge is 0.289 e. The second-order valence-electron chi connectivity index (χ2n) is 5.03. The van der Waals surface area contributed by atoms with Crippen molar-refractivity contribution in [2.45, 2.75) is 6.54 Å². The molecule has 1 aliphatic heterocycles. The Morgan fingerprint density at radius 1 is 1.33 bits per heavy atom. The van der Waals surface area contributed by atoms with Gasteiger partial charge in [0.25, 0.3) is 5.91 Å². The fourth-order valence-corrected chi connectivity index (χ4v) is 4.12. The van der Waals surface area contributed by atoms with E-state index in [0.29, 0.717) is 40.9 Å². The highest BCUT2D eigenvalue weighted by molar-refractivity contribution is 7.16. The van der Waals surface area contributed by atoms with Crippen LogP contribution in [0.5, 0.6) is 11.5 Å². The summed E-state index contributed by atoms with van der Waals surface area (Å²) in [4.78, 5) is 17.7. The van der Waals surface area contributed by atoms with E-state index in [4.69, 9.17) is 15.9 Å². The molecule has 3 aromatic rings. The number of rotatable bonds is 2. The minimum atomic E-state index is -0.264. The van der Waals surface area contributed by atoms with E-state index < -0.39 is 0 Å². The molecule has 24 heavy (non-hydrogen) atoms. The number of ether oxygens (including phenoxy) is 2. The van der Waals surface area contributed by atoms with Crippen molar-refractivity contribution >= 4 is 38.8 Å². The lowest BCUT2D eigenvalue weighted by Gasteiger charge is -2.18. The number of amides is 1. The van der Waals surface area contributed by atoms with Crippen LogP contribution in [0.25, 0.3) is 10.2 Å². The SMILES string of the molecule is C#CCn1c(=NC(=O)c2cccs2)sc2cc3c(cc21)OCCO3. The molecule has 2 aromatic heterocycles. The molecule has 3 heterocycles. The fraction of sp³-hybridized carbons (Fsp3) is 0.176. The number of nitrogens with zero attached hydrogens (tertiary/aromatic N) is 2. The Bertz CT molecular complexity index is 1020. The largest absolute Gasteiger partial charge is 0.486 e. The Labute approximate surface area is 145 Å². The zero-order chi connectivity index (χ0) is 16.5. The van der Waals surface area contributed by atoms with E-state index in [2.05, 4.69) is 10.9 Å². The van der Waals surface area contributed by atoms with Gasteiger partial charge in [-0.1, -0.05) is 23.3 Å². The molecule has 0 radical (unpaired) electrons. The van der Waals surface area contributed by atoms with Crippen molar-refractivity contribution in [1.29, 1.82) is 0 Å². The van der Waals surface area contributed by atoms with Gasteiger partial charge in [0.05, 0.1) is 21.6 Å². The Morgan fingerprint density at radius 3 is 2.83 bits per heavy atom. The highest BCUT2D eigenvalue weighted by atomic mass is 32.1. The van der Waals surface area contributed by atoms with Crippen molar-refractivity contribution in [2.24, 2.45) is 4.99 Å². The molecular weight excluding hydrogens is 344 g/mol.